The third-order valence-electron chi connectivity index (χ3n) is 4.02. The molecule has 2 aromatic carbocycles. The summed E-state index contributed by atoms with van der Waals surface area (Å²) in [6.07, 6.45) is 2.47. The predicted octanol–water partition coefficient (Wildman–Crippen LogP) is 3.99. The molecule has 0 aromatic heterocycles. The number of amides is 1. The SMILES string of the molecule is Cc1cc(N2CCCC2)ccc1NC(=O)c1cccc(F)c1. The van der Waals surface area contributed by atoms with Crippen LogP contribution in [0.1, 0.15) is 28.8 Å². The molecule has 114 valence electrons. The molecule has 1 amide bonds. The minimum Gasteiger partial charge on any atom is -0.372 e. The molecule has 1 N–H and O–H groups in total. The van der Waals surface area contributed by atoms with Gasteiger partial charge in [-0.2, -0.15) is 0 Å². The van der Waals surface area contributed by atoms with E-state index in [4.69, 9.17) is 0 Å². The van der Waals surface area contributed by atoms with Gasteiger partial charge in [0.05, 0.1) is 0 Å². The maximum absolute atomic E-state index is 13.2. The predicted molar refractivity (Wildman–Crippen MR) is 87.0 cm³/mol. The van der Waals surface area contributed by atoms with Crippen molar-refractivity contribution >= 4 is 17.3 Å². The fourth-order valence-electron chi connectivity index (χ4n) is 2.78. The van der Waals surface area contributed by atoms with Crippen molar-refractivity contribution < 1.29 is 9.18 Å². The van der Waals surface area contributed by atoms with Gasteiger partial charge in [-0.1, -0.05) is 6.07 Å². The van der Waals surface area contributed by atoms with Crippen LogP contribution >= 0.6 is 0 Å². The van der Waals surface area contributed by atoms with Gasteiger partial charge in [0, 0.05) is 30.0 Å². The molecule has 0 spiro atoms. The van der Waals surface area contributed by atoms with Crippen molar-refractivity contribution in [3.05, 3.63) is 59.4 Å². The van der Waals surface area contributed by atoms with Gasteiger partial charge in [-0.25, -0.2) is 4.39 Å². The van der Waals surface area contributed by atoms with Gasteiger partial charge >= 0.3 is 0 Å². The summed E-state index contributed by atoms with van der Waals surface area (Å²) in [5.74, 6) is -0.703. The Balaban J connectivity index is 1.76. The Hall–Kier alpha value is -2.36. The standard InChI is InChI=1S/C18H19FN2O/c1-13-11-16(21-9-2-3-10-21)7-8-17(13)20-18(22)14-5-4-6-15(19)12-14/h4-8,11-12H,2-3,9-10H2,1H3,(H,20,22). The Bertz CT molecular complexity index is 693. The first-order valence-electron chi connectivity index (χ1n) is 7.56. The van der Waals surface area contributed by atoms with Crippen molar-refractivity contribution in [1.29, 1.82) is 0 Å². The Morgan fingerprint density at radius 3 is 2.59 bits per heavy atom. The lowest BCUT2D eigenvalue weighted by Gasteiger charge is -2.19. The van der Waals surface area contributed by atoms with E-state index in [0.29, 0.717) is 5.56 Å². The lowest BCUT2D eigenvalue weighted by atomic mass is 10.1. The van der Waals surface area contributed by atoms with Crippen LogP contribution in [-0.4, -0.2) is 19.0 Å². The summed E-state index contributed by atoms with van der Waals surface area (Å²) in [6, 6.07) is 11.7. The van der Waals surface area contributed by atoms with Gasteiger partial charge in [-0.15, -0.1) is 0 Å². The zero-order valence-corrected chi connectivity index (χ0v) is 12.6. The molecule has 0 saturated carbocycles. The van der Waals surface area contributed by atoms with E-state index in [0.717, 1.165) is 24.3 Å². The number of carbonyl (C=O) groups excluding carboxylic acids is 1. The molecule has 4 heteroatoms. The number of aryl methyl sites for hydroxylation is 1. The van der Waals surface area contributed by atoms with Gasteiger partial charge in [0.25, 0.3) is 5.91 Å². The number of rotatable bonds is 3. The molecule has 3 rings (SSSR count). The first kappa shape index (κ1) is 14.6. The van der Waals surface area contributed by atoms with Gasteiger partial charge in [-0.05, 0) is 61.7 Å². The Labute approximate surface area is 129 Å². The molecule has 1 aliphatic rings. The summed E-state index contributed by atoms with van der Waals surface area (Å²) in [6.45, 7) is 4.16. The van der Waals surface area contributed by atoms with Crippen molar-refractivity contribution in [3.63, 3.8) is 0 Å². The number of benzene rings is 2. The number of nitrogens with one attached hydrogen (secondary N) is 1. The van der Waals surface area contributed by atoms with E-state index in [2.05, 4.69) is 16.3 Å². The monoisotopic (exact) mass is 298 g/mol. The van der Waals surface area contributed by atoms with Crippen molar-refractivity contribution in [2.24, 2.45) is 0 Å². The molecular weight excluding hydrogens is 279 g/mol. The molecule has 1 heterocycles. The fourth-order valence-corrected chi connectivity index (χ4v) is 2.78. The number of hydrogen-bond donors (Lipinski definition) is 1. The minimum atomic E-state index is -0.409. The largest absolute Gasteiger partial charge is 0.372 e. The lowest BCUT2D eigenvalue weighted by Crippen LogP contribution is -2.18. The van der Waals surface area contributed by atoms with Crippen LogP contribution in [0.2, 0.25) is 0 Å². The molecule has 0 aliphatic carbocycles. The van der Waals surface area contributed by atoms with Crippen LogP contribution in [0.4, 0.5) is 15.8 Å². The highest BCUT2D eigenvalue weighted by Crippen LogP contribution is 2.25. The Morgan fingerprint density at radius 1 is 1.14 bits per heavy atom. The van der Waals surface area contributed by atoms with Gasteiger partial charge < -0.3 is 10.2 Å². The van der Waals surface area contributed by atoms with Crippen LogP contribution in [0.3, 0.4) is 0 Å². The Morgan fingerprint density at radius 2 is 1.91 bits per heavy atom. The maximum atomic E-state index is 13.2. The van der Waals surface area contributed by atoms with E-state index in [1.54, 1.807) is 6.07 Å². The normalized spacial score (nSPS) is 14.2. The molecule has 1 saturated heterocycles. The number of carbonyl (C=O) groups is 1. The number of nitrogens with zero attached hydrogens (tertiary/aromatic N) is 1. The topological polar surface area (TPSA) is 32.3 Å². The van der Waals surface area contributed by atoms with Gasteiger partial charge in [0.2, 0.25) is 0 Å². The highest BCUT2D eigenvalue weighted by atomic mass is 19.1. The lowest BCUT2D eigenvalue weighted by molar-refractivity contribution is 0.102. The average Bonchev–Trinajstić information content (AvgIpc) is 3.03. The van der Waals surface area contributed by atoms with Gasteiger partial charge in [0.15, 0.2) is 0 Å². The highest BCUT2D eigenvalue weighted by Gasteiger charge is 2.14. The highest BCUT2D eigenvalue weighted by molar-refractivity contribution is 6.04. The molecule has 2 aromatic rings. The van der Waals surface area contributed by atoms with E-state index >= 15 is 0 Å². The van der Waals surface area contributed by atoms with Crippen LogP contribution in [0.25, 0.3) is 0 Å². The maximum Gasteiger partial charge on any atom is 0.255 e. The molecule has 1 fully saturated rings. The zero-order valence-electron chi connectivity index (χ0n) is 12.6. The van der Waals surface area contributed by atoms with Crippen molar-refractivity contribution in [2.75, 3.05) is 23.3 Å². The average molecular weight is 298 g/mol. The summed E-state index contributed by atoms with van der Waals surface area (Å²) < 4.78 is 13.2. The van der Waals surface area contributed by atoms with E-state index in [-0.39, 0.29) is 5.91 Å². The van der Waals surface area contributed by atoms with Crippen molar-refractivity contribution in [3.8, 4) is 0 Å². The smallest absolute Gasteiger partial charge is 0.255 e. The molecule has 0 unspecified atom stereocenters. The summed E-state index contributed by atoms with van der Waals surface area (Å²) >= 11 is 0. The van der Waals surface area contributed by atoms with E-state index in [9.17, 15) is 9.18 Å². The second-order valence-electron chi connectivity index (χ2n) is 5.66. The third-order valence-corrected chi connectivity index (χ3v) is 4.02. The fraction of sp³-hybridized carbons (Fsp3) is 0.278. The van der Waals surface area contributed by atoms with E-state index in [1.807, 2.05) is 19.1 Å². The molecule has 22 heavy (non-hydrogen) atoms. The van der Waals surface area contributed by atoms with Crippen LogP contribution < -0.4 is 10.2 Å². The van der Waals surface area contributed by atoms with Crippen LogP contribution in [0.15, 0.2) is 42.5 Å². The third kappa shape index (κ3) is 3.11. The second kappa shape index (κ2) is 6.18. The van der Waals surface area contributed by atoms with E-state index < -0.39 is 5.82 Å². The molecule has 0 radical (unpaired) electrons. The first-order chi connectivity index (χ1) is 10.6. The first-order valence-corrected chi connectivity index (χ1v) is 7.56. The number of hydrogen-bond acceptors (Lipinski definition) is 2. The van der Waals surface area contributed by atoms with Gasteiger partial charge in [-0.3, -0.25) is 4.79 Å². The Kier molecular flexibility index (Phi) is 4.09. The number of anilines is 2. The van der Waals surface area contributed by atoms with Crippen molar-refractivity contribution in [1.82, 2.24) is 0 Å². The van der Waals surface area contributed by atoms with Crippen LogP contribution in [0.5, 0.6) is 0 Å². The second-order valence-corrected chi connectivity index (χ2v) is 5.66. The molecular formula is C18H19FN2O. The van der Waals surface area contributed by atoms with Crippen LogP contribution in [-0.2, 0) is 0 Å². The molecule has 1 aliphatic heterocycles. The van der Waals surface area contributed by atoms with Gasteiger partial charge in [0.1, 0.15) is 5.82 Å². The molecule has 0 atom stereocenters. The molecule has 3 nitrogen and oxygen atoms in total. The summed E-state index contributed by atoms with van der Waals surface area (Å²) in [5.41, 5.74) is 3.29. The summed E-state index contributed by atoms with van der Waals surface area (Å²) in [4.78, 5) is 14.5. The van der Waals surface area contributed by atoms with Crippen molar-refractivity contribution in [2.45, 2.75) is 19.8 Å². The zero-order chi connectivity index (χ0) is 15.5. The quantitative estimate of drug-likeness (QED) is 0.929. The summed E-state index contributed by atoms with van der Waals surface area (Å²) in [5, 5.41) is 2.85. The summed E-state index contributed by atoms with van der Waals surface area (Å²) in [7, 11) is 0. The molecule has 0 bridgehead atoms. The minimum absolute atomic E-state index is 0.295. The van der Waals surface area contributed by atoms with Crippen LogP contribution in [0, 0.1) is 12.7 Å². The number of halogens is 1. The van der Waals surface area contributed by atoms with E-state index in [1.165, 1.54) is 36.7 Å².